The van der Waals surface area contributed by atoms with Crippen molar-refractivity contribution in [3.8, 4) is 0 Å². The molecule has 1 heterocycles. The molecule has 1 aliphatic carbocycles. The standard InChI is InChI=1S/C18H19BrN2O2S/c1-2-10-6-7-13-14(8-10)24-18(15(13)16(20)22)21-17(23)11-4-3-5-12(19)9-11/h3-5,9-10H,2,6-8H2,1H3,(H2,20,22)(H,21,23)/t10-/m1/s1. The van der Waals surface area contributed by atoms with Crippen LogP contribution in [-0.2, 0) is 12.8 Å². The van der Waals surface area contributed by atoms with Crippen molar-refractivity contribution in [3.05, 3.63) is 50.3 Å². The maximum absolute atomic E-state index is 12.5. The molecule has 3 N–H and O–H groups in total. The Bertz CT molecular complexity index is 800. The van der Waals surface area contributed by atoms with Gasteiger partial charge in [0.25, 0.3) is 11.8 Å². The number of nitrogens with two attached hydrogens (primary N) is 1. The second kappa shape index (κ2) is 7.07. The highest BCUT2D eigenvalue weighted by Crippen LogP contribution is 2.40. The number of nitrogens with one attached hydrogen (secondary N) is 1. The van der Waals surface area contributed by atoms with Crippen LogP contribution in [0.3, 0.4) is 0 Å². The summed E-state index contributed by atoms with van der Waals surface area (Å²) in [5.41, 5.74) is 7.66. The summed E-state index contributed by atoms with van der Waals surface area (Å²) >= 11 is 4.86. The highest BCUT2D eigenvalue weighted by Gasteiger charge is 2.28. The van der Waals surface area contributed by atoms with Crippen LogP contribution in [0, 0.1) is 5.92 Å². The number of fused-ring (bicyclic) bond motifs is 1. The summed E-state index contributed by atoms with van der Waals surface area (Å²) < 4.78 is 0.835. The molecule has 1 aliphatic rings. The Morgan fingerprint density at radius 3 is 2.88 bits per heavy atom. The zero-order valence-corrected chi connectivity index (χ0v) is 15.8. The van der Waals surface area contributed by atoms with Crippen molar-refractivity contribution in [1.82, 2.24) is 0 Å². The van der Waals surface area contributed by atoms with Crippen LogP contribution in [0.25, 0.3) is 0 Å². The van der Waals surface area contributed by atoms with Gasteiger partial charge in [0.1, 0.15) is 5.00 Å². The van der Waals surface area contributed by atoms with Gasteiger partial charge in [-0.15, -0.1) is 11.3 Å². The van der Waals surface area contributed by atoms with E-state index in [-0.39, 0.29) is 5.91 Å². The van der Waals surface area contributed by atoms with Crippen molar-refractivity contribution in [2.45, 2.75) is 32.6 Å². The largest absolute Gasteiger partial charge is 0.365 e. The van der Waals surface area contributed by atoms with Gasteiger partial charge in [-0.2, -0.15) is 0 Å². The second-order valence-corrected chi connectivity index (χ2v) is 8.07. The van der Waals surface area contributed by atoms with E-state index in [1.807, 2.05) is 6.07 Å². The number of anilines is 1. The smallest absolute Gasteiger partial charge is 0.256 e. The van der Waals surface area contributed by atoms with E-state index in [0.29, 0.717) is 22.0 Å². The van der Waals surface area contributed by atoms with Crippen LogP contribution in [0.4, 0.5) is 5.00 Å². The predicted molar refractivity (Wildman–Crippen MR) is 101 cm³/mol. The molecule has 0 saturated heterocycles. The Hall–Kier alpha value is -1.66. The zero-order valence-electron chi connectivity index (χ0n) is 13.4. The number of amides is 2. The monoisotopic (exact) mass is 406 g/mol. The average molecular weight is 407 g/mol. The molecule has 2 aromatic rings. The van der Waals surface area contributed by atoms with E-state index >= 15 is 0 Å². The minimum atomic E-state index is -0.466. The molecule has 0 bridgehead atoms. The predicted octanol–water partition coefficient (Wildman–Crippen LogP) is 4.38. The molecule has 0 aliphatic heterocycles. The van der Waals surface area contributed by atoms with E-state index in [0.717, 1.165) is 35.7 Å². The van der Waals surface area contributed by atoms with Crippen molar-refractivity contribution in [3.63, 3.8) is 0 Å². The normalized spacial score (nSPS) is 16.5. The molecule has 0 unspecified atom stereocenters. The average Bonchev–Trinajstić information content (AvgIpc) is 2.91. The highest BCUT2D eigenvalue weighted by atomic mass is 79.9. The summed E-state index contributed by atoms with van der Waals surface area (Å²) in [7, 11) is 0. The summed E-state index contributed by atoms with van der Waals surface area (Å²) in [5, 5.41) is 3.46. The van der Waals surface area contributed by atoms with Crippen LogP contribution in [0.1, 0.15) is 50.9 Å². The number of benzene rings is 1. The van der Waals surface area contributed by atoms with Crippen LogP contribution in [0.2, 0.25) is 0 Å². The summed E-state index contributed by atoms with van der Waals surface area (Å²) in [5.74, 6) is -0.0538. The first-order valence-corrected chi connectivity index (χ1v) is 9.61. The molecule has 0 saturated carbocycles. The lowest BCUT2D eigenvalue weighted by molar-refractivity contribution is 0.1000. The fourth-order valence-corrected chi connectivity index (χ4v) is 4.92. The Morgan fingerprint density at radius 2 is 2.21 bits per heavy atom. The minimum absolute atomic E-state index is 0.232. The highest BCUT2D eigenvalue weighted by molar-refractivity contribution is 9.10. The number of hydrogen-bond acceptors (Lipinski definition) is 3. The third-order valence-electron chi connectivity index (χ3n) is 4.50. The summed E-state index contributed by atoms with van der Waals surface area (Å²) in [6, 6.07) is 7.16. The third kappa shape index (κ3) is 3.39. The maximum atomic E-state index is 12.5. The van der Waals surface area contributed by atoms with Gasteiger partial charge in [0.15, 0.2) is 0 Å². The number of rotatable bonds is 4. The first-order valence-electron chi connectivity index (χ1n) is 8.00. The van der Waals surface area contributed by atoms with Crippen LogP contribution in [-0.4, -0.2) is 11.8 Å². The number of carbonyl (C=O) groups excluding carboxylic acids is 2. The molecular weight excluding hydrogens is 388 g/mol. The van der Waals surface area contributed by atoms with E-state index in [1.165, 1.54) is 16.2 Å². The molecule has 3 rings (SSSR count). The zero-order chi connectivity index (χ0) is 17.3. The summed E-state index contributed by atoms with van der Waals surface area (Å²) in [4.78, 5) is 25.6. The Kier molecular flexibility index (Phi) is 5.06. The SMILES string of the molecule is CC[C@@H]1CCc2c(sc(NC(=O)c3cccc(Br)c3)c2C(N)=O)C1. The van der Waals surface area contributed by atoms with E-state index in [1.54, 1.807) is 18.2 Å². The second-order valence-electron chi connectivity index (χ2n) is 6.05. The van der Waals surface area contributed by atoms with Crippen molar-refractivity contribution < 1.29 is 9.59 Å². The van der Waals surface area contributed by atoms with Crippen molar-refractivity contribution in [1.29, 1.82) is 0 Å². The first kappa shape index (κ1) is 17.2. The fraction of sp³-hybridized carbons (Fsp3) is 0.333. The maximum Gasteiger partial charge on any atom is 0.256 e. The van der Waals surface area contributed by atoms with Gasteiger partial charge in [-0.1, -0.05) is 35.3 Å². The molecular formula is C18H19BrN2O2S. The summed E-state index contributed by atoms with van der Waals surface area (Å²) in [6.45, 7) is 2.19. The van der Waals surface area contributed by atoms with Crippen LogP contribution >= 0.6 is 27.3 Å². The lowest BCUT2D eigenvalue weighted by Crippen LogP contribution is -2.19. The Labute approximate surface area is 153 Å². The van der Waals surface area contributed by atoms with Gasteiger partial charge in [-0.25, -0.2) is 0 Å². The quantitative estimate of drug-likeness (QED) is 0.790. The topological polar surface area (TPSA) is 72.2 Å². The molecule has 0 spiro atoms. The number of hydrogen-bond donors (Lipinski definition) is 2. The summed E-state index contributed by atoms with van der Waals surface area (Å²) in [6.07, 6.45) is 4.02. The van der Waals surface area contributed by atoms with E-state index < -0.39 is 5.91 Å². The molecule has 1 aromatic heterocycles. The van der Waals surface area contributed by atoms with Crippen LogP contribution in [0.15, 0.2) is 28.7 Å². The third-order valence-corrected chi connectivity index (χ3v) is 6.17. The molecule has 1 atom stereocenters. The van der Waals surface area contributed by atoms with Crippen LogP contribution < -0.4 is 11.1 Å². The van der Waals surface area contributed by atoms with Crippen molar-refractivity contribution in [2.24, 2.45) is 11.7 Å². The number of halogens is 1. The lowest BCUT2D eigenvalue weighted by atomic mass is 9.85. The van der Waals surface area contributed by atoms with Gasteiger partial charge >= 0.3 is 0 Å². The van der Waals surface area contributed by atoms with Crippen molar-refractivity contribution in [2.75, 3.05) is 5.32 Å². The first-order chi connectivity index (χ1) is 11.5. The molecule has 2 amide bonds. The van der Waals surface area contributed by atoms with Gasteiger partial charge in [-0.05, 0) is 48.9 Å². The Balaban J connectivity index is 1.92. The van der Waals surface area contributed by atoms with E-state index in [9.17, 15) is 9.59 Å². The minimum Gasteiger partial charge on any atom is -0.365 e. The number of carbonyl (C=O) groups is 2. The van der Waals surface area contributed by atoms with E-state index in [4.69, 9.17) is 5.73 Å². The lowest BCUT2D eigenvalue weighted by Gasteiger charge is -2.20. The van der Waals surface area contributed by atoms with E-state index in [2.05, 4.69) is 28.2 Å². The molecule has 24 heavy (non-hydrogen) atoms. The van der Waals surface area contributed by atoms with Gasteiger partial charge in [-0.3, -0.25) is 9.59 Å². The molecule has 0 radical (unpaired) electrons. The molecule has 4 nitrogen and oxygen atoms in total. The van der Waals surface area contributed by atoms with Gasteiger partial charge in [0, 0.05) is 14.9 Å². The fourth-order valence-electron chi connectivity index (χ4n) is 3.16. The molecule has 0 fully saturated rings. The molecule has 126 valence electrons. The molecule has 6 heteroatoms. The van der Waals surface area contributed by atoms with Crippen molar-refractivity contribution >= 4 is 44.1 Å². The number of thiophene rings is 1. The van der Waals surface area contributed by atoms with Gasteiger partial charge in [0.05, 0.1) is 5.56 Å². The Morgan fingerprint density at radius 1 is 1.42 bits per heavy atom. The van der Waals surface area contributed by atoms with Crippen LogP contribution in [0.5, 0.6) is 0 Å². The van der Waals surface area contributed by atoms with Gasteiger partial charge < -0.3 is 11.1 Å². The molecule has 1 aromatic carbocycles. The number of primary amides is 1. The van der Waals surface area contributed by atoms with Gasteiger partial charge in [0.2, 0.25) is 0 Å².